The van der Waals surface area contributed by atoms with Gasteiger partial charge in [0.25, 0.3) is 0 Å². The van der Waals surface area contributed by atoms with E-state index in [0.717, 1.165) is 23.1 Å². The summed E-state index contributed by atoms with van der Waals surface area (Å²) >= 11 is 6.05. The Morgan fingerprint density at radius 1 is 1.36 bits per heavy atom. The smallest absolute Gasteiger partial charge is 0.135 e. The fourth-order valence-corrected chi connectivity index (χ4v) is 1.83. The number of epoxide rings is 1. The summed E-state index contributed by atoms with van der Waals surface area (Å²) in [4.78, 5) is 4.32. The van der Waals surface area contributed by atoms with Crippen LogP contribution in [0.4, 0.5) is 0 Å². The molecule has 0 spiro atoms. The van der Waals surface area contributed by atoms with Crippen LogP contribution in [0, 0.1) is 0 Å². The third kappa shape index (κ3) is 1.27. The number of hydrogen-bond acceptors (Lipinski definition) is 2. The lowest BCUT2D eigenvalue weighted by atomic mass is 10.1. The minimum Gasteiger partial charge on any atom is -0.368 e. The number of nitrogens with zero attached hydrogens (tertiary/aromatic N) is 1. The third-order valence-corrected chi connectivity index (χ3v) is 2.69. The van der Waals surface area contributed by atoms with Crippen molar-refractivity contribution in [3.8, 4) is 0 Å². The molecule has 0 radical (unpaired) electrons. The Morgan fingerprint density at radius 2 is 2.14 bits per heavy atom. The second kappa shape index (κ2) is 2.94. The van der Waals surface area contributed by atoms with Crippen LogP contribution in [-0.4, -0.2) is 11.6 Å². The Hall–Kier alpha value is -1.12. The largest absolute Gasteiger partial charge is 0.368 e. The zero-order chi connectivity index (χ0) is 9.54. The van der Waals surface area contributed by atoms with Crippen LogP contribution in [0.5, 0.6) is 0 Å². The van der Waals surface area contributed by atoms with Crippen LogP contribution in [0.2, 0.25) is 5.15 Å². The van der Waals surface area contributed by atoms with Gasteiger partial charge in [0.05, 0.1) is 12.1 Å². The summed E-state index contributed by atoms with van der Waals surface area (Å²) in [5.74, 6) is 0. The first-order valence-electron chi connectivity index (χ1n) is 4.51. The average Bonchev–Trinajstić information content (AvgIpc) is 3.00. The van der Waals surface area contributed by atoms with Crippen molar-refractivity contribution >= 4 is 22.5 Å². The molecule has 14 heavy (non-hydrogen) atoms. The first-order valence-corrected chi connectivity index (χ1v) is 4.89. The lowest BCUT2D eigenvalue weighted by molar-refractivity contribution is 0.415. The van der Waals surface area contributed by atoms with E-state index in [4.69, 9.17) is 16.3 Å². The van der Waals surface area contributed by atoms with Gasteiger partial charge in [-0.15, -0.1) is 0 Å². The minimum absolute atomic E-state index is 0.166. The molecule has 1 aliphatic heterocycles. The molecule has 0 saturated carbocycles. The summed E-state index contributed by atoms with van der Waals surface area (Å²) in [6.45, 7) is 0.764. The SMILES string of the molecule is Clc1nc2ccccc2cc1C1CO1. The van der Waals surface area contributed by atoms with Gasteiger partial charge in [0.2, 0.25) is 0 Å². The van der Waals surface area contributed by atoms with Gasteiger partial charge in [0, 0.05) is 10.9 Å². The van der Waals surface area contributed by atoms with Crippen LogP contribution in [-0.2, 0) is 4.74 Å². The summed E-state index contributed by atoms with van der Waals surface area (Å²) in [6.07, 6.45) is 0.166. The topological polar surface area (TPSA) is 25.4 Å². The maximum atomic E-state index is 6.05. The number of fused-ring (bicyclic) bond motifs is 1. The van der Waals surface area contributed by atoms with E-state index in [0.29, 0.717) is 5.15 Å². The van der Waals surface area contributed by atoms with Gasteiger partial charge in [-0.25, -0.2) is 4.98 Å². The van der Waals surface area contributed by atoms with Gasteiger partial charge in [-0.05, 0) is 12.1 Å². The zero-order valence-electron chi connectivity index (χ0n) is 7.40. The summed E-state index contributed by atoms with van der Waals surface area (Å²) in [5.41, 5.74) is 1.94. The van der Waals surface area contributed by atoms with E-state index in [2.05, 4.69) is 11.1 Å². The summed E-state index contributed by atoms with van der Waals surface area (Å²) in [6, 6.07) is 10.0. The van der Waals surface area contributed by atoms with E-state index in [9.17, 15) is 0 Å². The number of ether oxygens (including phenoxy) is 1. The molecule has 2 nitrogen and oxygen atoms in total. The fourth-order valence-electron chi connectivity index (χ4n) is 1.56. The fraction of sp³-hybridized carbons (Fsp3) is 0.182. The first-order chi connectivity index (χ1) is 6.84. The number of rotatable bonds is 1. The molecule has 1 fully saturated rings. The zero-order valence-corrected chi connectivity index (χ0v) is 8.16. The van der Waals surface area contributed by atoms with Gasteiger partial charge in [-0.1, -0.05) is 29.8 Å². The first kappa shape index (κ1) is 8.21. The van der Waals surface area contributed by atoms with Crippen molar-refractivity contribution in [2.24, 2.45) is 0 Å². The highest BCUT2D eigenvalue weighted by Gasteiger charge is 2.27. The maximum absolute atomic E-state index is 6.05. The van der Waals surface area contributed by atoms with Crippen molar-refractivity contribution in [1.29, 1.82) is 0 Å². The van der Waals surface area contributed by atoms with Crippen LogP contribution in [0.15, 0.2) is 30.3 Å². The van der Waals surface area contributed by atoms with Crippen molar-refractivity contribution in [3.63, 3.8) is 0 Å². The Morgan fingerprint density at radius 3 is 2.93 bits per heavy atom. The maximum Gasteiger partial charge on any atom is 0.135 e. The molecule has 1 atom stereocenters. The molecule has 0 amide bonds. The number of hydrogen-bond donors (Lipinski definition) is 0. The number of benzene rings is 1. The minimum atomic E-state index is 0.166. The van der Waals surface area contributed by atoms with Gasteiger partial charge in [-0.2, -0.15) is 0 Å². The summed E-state index contributed by atoms with van der Waals surface area (Å²) in [7, 11) is 0. The number of para-hydroxylation sites is 1. The molecular formula is C11H8ClNO. The predicted molar refractivity (Wildman–Crippen MR) is 55.4 cm³/mol. The lowest BCUT2D eigenvalue weighted by Gasteiger charge is -2.02. The molecule has 0 bridgehead atoms. The summed E-state index contributed by atoms with van der Waals surface area (Å²) in [5, 5.41) is 1.67. The number of halogens is 1. The van der Waals surface area contributed by atoms with Crippen molar-refractivity contribution in [2.75, 3.05) is 6.61 Å². The van der Waals surface area contributed by atoms with Crippen molar-refractivity contribution < 1.29 is 4.74 Å². The van der Waals surface area contributed by atoms with Crippen molar-refractivity contribution in [1.82, 2.24) is 4.98 Å². The molecule has 2 heterocycles. The molecule has 3 rings (SSSR count). The molecule has 1 unspecified atom stereocenters. The predicted octanol–water partition coefficient (Wildman–Crippen LogP) is 2.96. The quantitative estimate of drug-likeness (QED) is 0.528. The lowest BCUT2D eigenvalue weighted by Crippen LogP contribution is -1.88. The van der Waals surface area contributed by atoms with E-state index in [1.807, 2.05) is 24.3 Å². The van der Waals surface area contributed by atoms with Crippen LogP contribution in [0.1, 0.15) is 11.7 Å². The van der Waals surface area contributed by atoms with Crippen LogP contribution < -0.4 is 0 Å². The standard InChI is InChI=1S/C11H8ClNO/c12-11-8(10-6-14-10)5-7-3-1-2-4-9(7)13-11/h1-5,10H,6H2. The number of pyridine rings is 1. The van der Waals surface area contributed by atoms with Gasteiger partial charge in [0.1, 0.15) is 11.3 Å². The molecule has 0 aliphatic carbocycles. The normalized spacial score (nSPS) is 19.9. The van der Waals surface area contributed by atoms with Crippen molar-refractivity contribution in [3.05, 3.63) is 41.0 Å². The molecule has 1 aromatic heterocycles. The second-order valence-corrected chi connectivity index (χ2v) is 3.74. The summed E-state index contributed by atoms with van der Waals surface area (Å²) < 4.78 is 5.20. The van der Waals surface area contributed by atoms with Gasteiger partial charge in [0.15, 0.2) is 0 Å². The van der Waals surface area contributed by atoms with E-state index < -0.39 is 0 Å². The van der Waals surface area contributed by atoms with Gasteiger partial charge >= 0.3 is 0 Å². The highest BCUT2D eigenvalue weighted by atomic mass is 35.5. The molecule has 1 saturated heterocycles. The monoisotopic (exact) mass is 205 g/mol. The average molecular weight is 206 g/mol. The molecule has 70 valence electrons. The highest BCUT2D eigenvalue weighted by Crippen LogP contribution is 2.35. The second-order valence-electron chi connectivity index (χ2n) is 3.38. The Bertz CT molecular complexity index is 494. The number of aromatic nitrogens is 1. The van der Waals surface area contributed by atoms with E-state index in [1.54, 1.807) is 0 Å². The highest BCUT2D eigenvalue weighted by molar-refractivity contribution is 6.30. The van der Waals surface area contributed by atoms with Gasteiger partial charge < -0.3 is 4.74 Å². The van der Waals surface area contributed by atoms with Crippen LogP contribution in [0.25, 0.3) is 10.9 Å². The Balaban J connectivity index is 2.26. The van der Waals surface area contributed by atoms with Crippen molar-refractivity contribution in [2.45, 2.75) is 6.10 Å². The molecule has 1 aliphatic rings. The van der Waals surface area contributed by atoms with E-state index in [-0.39, 0.29) is 6.10 Å². The molecule has 3 heteroatoms. The van der Waals surface area contributed by atoms with E-state index in [1.165, 1.54) is 0 Å². The molecule has 1 aromatic carbocycles. The Labute approximate surface area is 86.5 Å². The van der Waals surface area contributed by atoms with Crippen LogP contribution in [0.3, 0.4) is 0 Å². The Kier molecular flexibility index (Phi) is 1.72. The molecule has 0 N–H and O–H groups in total. The molecule has 2 aromatic rings. The molecular weight excluding hydrogens is 198 g/mol. The van der Waals surface area contributed by atoms with E-state index >= 15 is 0 Å². The third-order valence-electron chi connectivity index (χ3n) is 2.38. The van der Waals surface area contributed by atoms with Crippen LogP contribution >= 0.6 is 11.6 Å². The van der Waals surface area contributed by atoms with Gasteiger partial charge in [-0.3, -0.25) is 0 Å².